The van der Waals surface area contributed by atoms with Crippen molar-refractivity contribution in [2.24, 2.45) is 5.41 Å². The van der Waals surface area contributed by atoms with Crippen molar-refractivity contribution in [1.29, 1.82) is 0 Å². The van der Waals surface area contributed by atoms with E-state index in [0.717, 1.165) is 24.0 Å². The molecule has 2 nitrogen and oxygen atoms in total. The average Bonchev–Trinajstić information content (AvgIpc) is 2.30. The van der Waals surface area contributed by atoms with Crippen LogP contribution in [0.4, 0.5) is 0 Å². The molecule has 0 saturated carbocycles. The lowest BCUT2D eigenvalue weighted by Crippen LogP contribution is -2.39. The van der Waals surface area contributed by atoms with Crippen molar-refractivity contribution in [3.63, 3.8) is 0 Å². The lowest BCUT2D eigenvalue weighted by Gasteiger charge is -2.27. The summed E-state index contributed by atoms with van der Waals surface area (Å²) in [4.78, 5) is 0. The minimum Gasteiger partial charge on any atom is -0.372 e. The second-order valence-corrected chi connectivity index (χ2v) is 8.77. The third kappa shape index (κ3) is 8.60. The third-order valence-corrected chi connectivity index (χ3v) is 3.70. The standard InChI is InChI=1S/C18H30BrNO/c1-17(2,3)10-11-21-16(13-20-18(4,5)6)14-8-7-9-15(19)12-14/h7-9,12,16,20H,10-11,13H2,1-6H3. The van der Waals surface area contributed by atoms with Crippen molar-refractivity contribution in [1.82, 2.24) is 5.32 Å². The molecule has 0 spiro atoms. The third-order valence-electron chi connectivity index (χ3n) is 3.21. The Kier molecular flexibility index (Phi) is 6.89. The molecule has 1 aromatic carbocycles. The Morgan fingerprint density at radius 1 is 1.14 bits per heavy atom. The molecule has 0 aliphatic carbocycles. The number of hydrogen-bond acceptors (Lipinski definition) is 2. The van der Waals surface area contributed by atoms with Gasteiger partial charge in [0.05, 0.1) is 6.10 Å². The van der Waals surface area contributed by atoms with E-state index in [1.807, 2.05) is 6.07 Å². The molecule has 0 bridgehead atoms. The SMILES string of the molecule is CC(C)(C)CCOC(CNC(C)(C)C)c1cccc(Br)c1. The Hall–Kier alpha value is -0.380. The van der Waals surface area contributed by atoms with Crippen LogP contribution in [0.2, 0.25) is 0 Å². The fourth-order valence-corrected chi connectivity index (χ4v) is 2.30. The fraction of sp³-hybridized carbons (Fsp3) is 0.667. The zero-order valence-corrected chi connectivity index (χ0v) is 15.9. The molecule has 0 aliphatic heterocycles. The number of halogens is 1. The van der Waals surface area contributed by atoms with Gasteiger partial charge < -0.3 is 10.1 Å². The van der Waals surface area contributed by atoms with Gasteiger partial charge in [0, 0.05) is 23.2 Å². The Labute approximate surface area is 138 Å². The molecule has 0 amide bonds. The van der Waals surface area contributed by atoms with Gasteiger partial charge in [-0.25, -0.2) is 0 Å². The molecule has 1 N–H and O–H groups in total. The highest BCUT2D eigenvalue weighted by Crippen LogP contribution is 2.24. The van der Waals surface area contributed by atoms with Gasteiger partial charge >= 0.3 is 0 Å². The van der Waals surface area contributed by atoms with Gasteiger partial charge in [-0.05, 0) is 50.3 Å². The van der Waals surface area contributed by atoms with Crippen LogP contribution in [-0.2, 0) is 4.74 Å². The van der Waals surface area contributed by atoms with Gasteiger partial charge in [0.2, 0.25) is 0 Å². The maximum Gasteiger partial charge on any atom is 0.0949 e. The Morgan fingerprint density at radius 2 is 1.81 bits per heavy atom. The van der Waals surface area contributed by atoms with Gasteiger partial charge in [0.15, 0.2) is 0 Å². The number of rotatable bonds is 6. The van der Waals surface area contributed by atoms with Crippen molar-refractivity contribution >= 4 is 15.9 Å². The van der Waals surface area contributed by atoms with Crippen molar-refractivity contribution < 1.29 is 4.74 Å². The molecule has 0 saturated heterocycles. The zero-order chi connectivity index (χ0) is 16.1. The van der Waals surface area contributed by atoms with Gasteiger partial charge in [-0.15, -0.1) is 0 Å². The first-order valence-electron chi connectivity index (χ1n) is 7.69. The van der Waals surface area contributed by atoms with E-state index in [9.17, 15) is 0 Å². The minimum absolute atomic E-state index is 0.0871. The Morgan fingerprint density at radius 3 is 2.33 bits per heavy atom. The van der Waals surface area contributed by atoms with Crippen LogP contribution >= 0.6 is 15.9 Å². The predicted octanol–water partition coefficient (Wildman–Crippen LogP) is 5.33. The summed E-state index contributed by atoms with van der Waals surface area (Å²) < 4.78 is 7.27. The molecule has 1 aromatic rings. The molecule has 120 valence electrons. The molecular formula is C18H30BrNO. The summed E-state index contributed by atoms with van der Waals surface area (Å²) in [6.07, 6.45) is 1.15. The van der Waals surface area contributed by atoms with E-state index in [0.29, 0.717) is 5.41 Å². The molecular weight excluding hydrogens is 326 g/mol. The first-order valence-corrected chi connectivity index (χ1v) is 8.48. The quantitative estimate of drug-likeness (QED) is 0.744. The Balaban J connectivity index is 2.70. The molecule has 1 rings (SSSR count). The second kappa shape index (κ2) is 7.75. The van der Waals surface area contributed by atoms with Crippen molar-refractivity contribution in [3.8, 4) is 0 Å². The number of hydrogen-bond donors (Lipinski definition) is 1. The molecule has 0 radical (unpaired) electrons. The lowest BCUT2D eigenvalue weighted by molar-refractivity contribution is 0.0333. The summed E-state index contributed by atoms with van der Waals surface area (Å²) in [5.74, 6) is 0. The minimum atomic E-state index is 0.0871. The second-order valence-electron chi connectivity index (χ2n) is 7.86. The first-order chi connectivity index (χ1) is 9.57. The van der Waals surface area contributed by atoms with Crippen molar-refractivity contribution in [2.45, 2.75) is 59.6 Å². The fourth-order valence-electron chi connectivity index (χ4n) is 1.89. The van der Waals surface area contributed by atoms with Crippen LogP contribution in [0.1, 0.15) is 59.6 Å². The summed E-state index contributed by atoms with van der Waals surface area (Å²) in [6.45, 7) is 14.9. The summed E-state index contributed by atoms with van der Waals surface area (Å²) in [5, 5.41) is 3.55. The van der Waals surface area contributed by atoms with Gasteiger partial charge in [0.1, 0.15) is 0 Å². The molecule has 21 heavy (non-hydrogen) atoms. The Bertz CT molecular complexity index is 432. The van der Waals surface area contributed by atoms with Crippen molar-refractivity contribution in [2.75, 3.05) is 13.2 Å². The predicted molar refractivity (Wildman–Crippen MR) is 94.7 cm³/mol. The molecule has 0 aliphatic rings. The normalized spacial score (nSPS) is 14.2. The smallest absolute Gasteiger partial charge is 0.0949 e. The summed E-state index contributed by atoms with van der Waals surface area (Å²) in [7, 11) is 0. The van der Waals surface area contributed by atoms with E-state index in [2.05, 4.69) is 81.0 Å². The summed E-state index contributed by atoms with van der Waals surface area (Å²) in [6, 6.07) is 8.40. The van der Waals surface area contributed by atoms with Gasteiger partial charge in [-0.3, -0.25) is 0 Å². The van der Waals surface area contributed by atoms with E-state index in [-0.39, 0.29) is 11.6 Å². The molecule has 0 aromatic heterocycles. The van der Waals surface area contributed by atoms with Crippen LogP contribution in [0.15, 0.2) is 28.7 Å². The molecule has 0 heterocycles. The van der Waals surface area contributed by atoms with Crippen LogP contribution < -0.4 is 5.32 Å². The van der Waals surface area contributed by atoms with Crippen LogP contribution in [0.5, 0.6) is 0 Å². The summed E-state index contributed by atoms with van der Waals surface area (Å²) >= 11 is 3.55. The highest BCUT2D eigenvalue weighted by Gasteiger charge is 2.18. The molecule has 0 fully saturated rings. The monoisotopic (exact) mass is 355 g/mol. The van der Waals surface area contributed by atoms with E-state index >= 15 is 0 Å². The maximum absolute atomic E-state index is 6.17. The average molecular weight is 356 g/mol. The highest BCUT2D eigenvalue weighted by molar-refractivity contribution is 9.10. The van der Waals surface area contributed by atoms with Gasteiger partial charge in [-0.1, -0.05) is 48.8 Å². The lowest BCUT2D eigenvalue weighted by atomic mass is 9.93. The molecule has 1 unspecified atom stereocenters. The van der Waals surface area contributed by atoms with Crippen LogP contribution in [-0.4, -0.2) is 18.7 Å². The van der Waals surface area contributed by atoms with Crippen LogP contribution in [0, 0.1) is 5.41 Å². The van der Waals surface area contributed by atoms with Gasteiger partial charge in [-0.2, -0.15) is 0 Å². The van der Waals surface area contributed by atoms with Crippen molar-refractivity contribution in [3.05, 3.63) is 34.3 Å². The number of ether oxygens (including phenoxy) is 1. The van der Waals surface area contributed by atoms with Crippen LogP contribution in [0.3, 0.4) is 0 Å². The van der Waals surface area contributed by atoms with E-state index in [1.165, 1.54) is 5.56 Å². The largest absolute Gasteiger partial charge is 0.372 e. The number of benzene rings is 1. The van der Waals surface area contributed by atoms with E-state index in [1.54, 1.807) is 0 Å². The van der Waals surface area contributed by atoms with E-state index in [4.69, 9.17) is 4.74 Å². The maximum atomic E-state index is 6.17. The summed E-state index contributed by atoms with van der Waals surface area (Å²) in [5.41, 5.74) is 1.62. The number of nitrogens with one attached hydrogen (secondary N) is 1. The zero-order valence-electron chi connectivity index (χ0n) is 14.3. The van der Waals surface area contributed by atoms with Crippen LogP contribution in [0.25, 0.3) is 0 Å². The van der Waals surface area contributed by atoms with E-state index < -0.39 is 0 Å². The topological polar surface area (TPSA) is 21.3 Å². The van der Waals surface area contributed by atoms with Gasteiger partial charge in [0.25, 0.3) is 0 Å². The molecule has 3 heteroatoms. The first kappa shape index (κ1) is 18.7. The highest BCUT2D eigenvalue weighted by atomic mass is 79.9. The molecule has 1 atom stereocenters.